The molecule has 1 amide bonds. The SMILES string of the molecule is Cc1cc(C)nc(OC2CCCN(C(=O)CCc3c(C)noc3C)C2)n1. The molecule has 1 atom stereocenters. The maximum absolute atomic E-state index is 12.6. The summed E-state index contributed by atoms with van der Waals surface area (Å²) < 4.78 is 11.1. The molecule has 7 nitrogen and oxygen atoms in total. The van der Waals surface area contributed by atoms with Gasteiger partial charge in [0.1, 0.15) is 11.9 Å². The van der Waals surface area contributed by atoms with Crippen molar-refractivity contribution in [3.8, 4) is 6.01 Å². The van der Waals surface area contributed by atoms with E-state index in [1.165, 1.54) is 0 Å². The lowest BCUT2D eigenvalue weighted by molar-refractivity contribution is -0.133. The zero-order chi connectivity index (χ0) is 18.7. The number of hydrogen-bond donors (Lipinski definition) is 0. The van der Waals surface area contributed by atoms with E-state index in [1.54, 1.807) is 0 Å². The molecule has 7 heteroatoms. The zero-order valence-electron chi connectivity index (χ0n) is 15.9. The van der Waals surface area contributed by atoms with E-state index in [0.29, 0.717) is 25.4 Å². The molecular formula is C19H26N4O3. The van der Waals surface area contributed by atoms with Crippen molar-refractivity contribution in [3.63, 3.8) is 0 Å². The monoisotopic (exact) mass is 358 g/mol. The van der Waals surface area contributed by atoms with Gasteiger partial charge in [-0.2, -0.15) is 0 Å². The number of aryl methyl sites for hydroxylation is 4. The number of carbonyl (C=O) groups excluding carboxylic acids is 1. The zero-order valence-corrected chi connectivity index (χ0v) is 15.9. The van der Waals surface area contributed by atoms with Crippen LogP contribution in [0.15, 0.2) is 10.6 Å². The second-order valence-electron chi connectivity index (χ2n) is 6.96. The third kappa shape index (κ3) is 4.39. The van der Waals surface area contributed by atoms with E-state index in [9.17, 15) is 4.79 Å². The van der Waals surface area contributed by atoms with Crippen LogP contribution in [0.25, 0.3) is 0 Å². The summed E-state index contributed by atoms with van der Waals surface area (Å²) in [6, 6.07) is 2.32. The number of likely N-dealkylation sites (tertiary alicyclic amines) is 1. The van der Waals surface area contributed by atoms with Crippen molar-refractivity contribution in [2.75, 3.05) is 13.1 Å². The average Bonchev–Trinajstić information content (AvgIpc) is 2.90. The Bertz CT molecular complexity index is 747. The lowest BCUT2D eigenvalue weighted by atomic mass is 10.1. The minimum atomic E-state index is -0.0621. The smallest absolute Gasteiger partial charge is 0.317 e. The first-order chi connectivity index (χ1) is 12.4. The summed E-state index contributed by atoms with van der Waals surface area (Å²) in [7, 11) is 0. The van der Waals surface area contributed by atoms with Crippen molar-refractivity contribution in [2.24, 2.45) is 0 Å². The van der Waals surface area contributed by atoms with Gasteiger partial charge in [0, 0.05) is 29.9 Å². The molecule has 0 bridgehead atoms. The lowest BCUT2D eigenvalue weighted by Crippen LogP contribution is -2.44. The molecule has 0 saturated carbocycles. The van der Waals surface area contributed by atoms with Gasteiger partial charge in [-0.1, -0.05) is 5.16 Å². The molecular weight excluding hydrogens is 332 g/mol. The van der Waals surface area contributed by atoms with E-state index >= 15 is 0 Å². The van der Waals surface area contributed by atoms with E-state index in [1.807, 2.05) is 38.7 Å². The number of rotatable bonds is 5. The summed E-state index contributed by atoms with van der Waals surface area (Å²) >= 11 is 0. The number of amides is 1. The molecule has 26 heavy (non-hydrogen) atoms. The van der Waals surface area contributed by atoms with Gasteiger partial charge in [-0.05, 0) is 53.0 Å². The first-order valence-electron chi connectivity index (χ1n) is 9.11. The third-order valence-corrected chi connectivity index (χ3v) is 4.73. The minimum absolute atomic E-state index is 0.0621. The maximum Gasteiger partial charge on any atom is 0.317 e. The highest BCUT2D eigenvalue weighted by Gasteiger charge is 2.26. The average molecular weight is 358 g/mol. The highest BCUT2D eigenvalue weighted by Crippen LogP contribution is 2.19. The third-order valence-electron chi connectivity index (χ3n) is 4.73. The molecule has 1 unspecified atom stereocenters. The van der Waals surface area contributed by atoms with Crippen molar-refractivity contribution in [1.29, 1.82) is 0 Å². The van der Waals surface area contributed by atoms with E-state index in [0.717, 1.165) is 47.8 Å². The van der Waals surface area contributed by atoms with Gasteiger partial charge in [-0.25, -0.2) is 9.97 Å². The van der Waals surface area contributed by atoms with Gasteiger partial charge >= 0.3 is 6.01 Å². The topological polar surface area (TPSA) is 81.4 Å². The Kier molecular flexibility index (Phi) is 5.54. The van der Waals surface area contributed by atoms with Gasteiger partial charge in [-0.3, -0.25) is 4.79 Å². The fraction of sp³-hybridized carbons (Fsp3) is 0.579. The van der Waals surface area contributed by atoms with Gasteiger partial charge < -0.3 is 14.2 Å². The standard InChI is InChI=1S/C19H26N4O3/c1-12-10-13(2)21-19(20-12)25-16-6-5-9-23(11-16)18(24)8-7-17-14(3)22-26-15(17)4/h10,16H,5-9,11H2,1-4H3. The largest absolute Gasteiger partial charge is 0.458 e. The number of aromatic nitrogens is 3. The van der Waals surface area contributed by atoms with Crippen LogP contribution >= 0.6 is 0 Å². The van der Waals surface area contributed by atoms with Crippen LogP contribution in [-0.2, 0) is 11.2 Å². The number of nitrogens with zero attached hydrogens (tertiary/aromatic N) is 4. The van der Waals surface area contributed by atoms with Gasteiger partial charge in [0.2, 0.25) is 5.91 Å². The van der Waals surface area contributed by atoms with Gasteiger partial charge in [0.25, 0.3) is 0 Å². The molecule has 3 heterocycles. The molecule has 3 rings (SSSR count). The summed E-state index contributed by atoms with van der Waals surface area (Å²) in [6.45, 7) is 8.99. The number of carbonyl (C=O) groups is 1. The molecule has 1 aliphatic rings. The first kappa shape index (κ1) is 18.4. The molecule has 2 aromatic rings. The summed E-state index contributed by atoms with van der Waals surface area (Å²) in [4.78, 5) is 23.2. The molecule has 1 aliphatic heterocycles. The molecule has 0 aromatic carbocycles. The Morgan fingerprint density at radius 3 is 2.65 bits per heavy atom. The first-order valence-corrected chi connectivity index (χ1v) is 9.11. The van der Waals surface area contributed by atoms with Crippen LogP contribution in [0.1, 0.15) is 47.7 Å². The Hall–Kier alpha value is -2.44. The summed E-state index contributed by atoms with van der Waals surface area (Å²) in [5, 5.41) is 3.95. The van der Waals surface area contributed by atoms with Crippen LogP contribution in [0, 0.1) is 27.7 Å². The van der Waals surface area contributed by atoms with Crippen molar-refractivity contribution in [1.82, 2.24) is 20.0 Å². The van der Waals surface area contributed by atoms with Crippen LogP contribution in [0.4, 0.5) is 0 Å². The predicted molar refractivity (Wildman–Crippen MR) is 96.0 cm³/mol. The summed E-state index contributed by atoms with van der Waals surface area (Å²) in [5.41, 5.74) is 3.67. The van der Waals surface area contributed by atoms with E-state index in [4.69, 9.17) is 9.26 Å². The van der Waals surface area contributed by atoms with E-state index in [2.05, 4.69) is 15.1 Å². The van der Waals surface area contributed by atoms with Gasteiger partial charge in [-0.15, -0.1) is 0 Å². The lowest BCUT2D eigenvalue weighted by Gasteiger charge is -2.32. The fourth-order valence-electron chi connectivity index (χ4n) is 3.41. The van der Waals surface area contributed by atoms with E-state index < -0.39 is 0 Å². The Morgan fingerprint density at radius 1 is 1.27 bits per heavy atom. The molecule has 0 radical (unpaired) electrons. The van der Waals surface area contributed by atoms with Crippen molar-refractivity contribution in [3.05, 3.63) is 34.5 Å². The second kappa shape index (κ2) is 7.85. The fourth-order valence-corrected chi connectivity index (χ4v) is 3.41. The molecule has 1 saturated heterocycles. The normalized spacial score (nSPS) is 17.4. The van der Waals surface area contributed by atoms with Crippen molar-refractivity contribution < 1.29 is 14.1 Å². The quantitative estimate of drug-likeness (QED) is 0.817. The number of hydrogen-bond acceptors (Lipinski definition) is 6. The number of piperidine rings is 1. The van der Waals surface area contributed by atoms with Crippen LogP contribution in [-0.4, -0.2) is 45.1 Å². The van der Waals surface area contributed by atoms with Crippen LogP contribution in [0.3, 0.4) is 0 Å². The second-order valence-corrected chi connectivity index (χ2v) is 6.96. The molecule has 0 N–H and O–H groups in total. The van der Waals surface area contributed by atoms with Gasteiger partial charge in [0.05, 0.1) is 12.2 Å². The highest BCUT2D eigenvalue weighted by molar-refractivity contribution is 5.76. The summed E-state index contributed by atoms with van der Waals surface area (Å²) in [5.74, 6) is 0.932. The van der Waals surface area contributed by atoms with Crippen LogP contribution < -0.4 is 4.74 Å². The number of ether oxygens (including phenoxy) is 1. The Labute approximate surface area is 153 Å². The Morgan fingerprint density at radius 2 is 2.00 bits per heavy atom. The Balaban J connectivity index is 1.56. The molecule has 140 valence electrons. The molecule has 0 aliphatic carbocycles. The molecule has 2 aromatic heterocycles. The van der Waals surface area contributed by atoms with Crippen LogP contribution in [0.5, 0.6) is 6.01 Å². The van der Waals surface area contributed by atoms with Gasteiger partial charge in [0.15, 0.2) is 0 Å². The molecule has 0 spiro atoms. The summed E-state index contributed by atoms with van der Waals surface area (Å²) in [6.07, 6.45) is 2.88. The minimum Gasteiger partial charge on any atom is -0.458 e. The molecule has 1 fully saturated rings. The van der Waals surface area contributed by atoms with Crippen LogP contribution in [0.2, 0.25) is 0 Å². The predicted octanol–water partition coefficient (Wildman–Crippen LogP) is 2.70. The van der Waals surface area contributed by atoms with Crippen molar-refractivity contribution in [2.45, 2.75) is 59.5 Å². The van der Waals surface area contributed by atoms with Crippen molar-refractivity contribution >= 4 is 5.91 Å². The maximum atomic E-state index is 12.6. The highest BCUT2D eigenvalue weighted by atomic mass is 16.5. The van der Waals surface area contributed by atoms with E-state index in [-0.39, 0.29) is 12.0 Å².